The molecule has 1 aromatic heterocycles. The van der Waals surface area contributed by atoms with Crippen molar-refractivity contribution < 1.29 is 15.0 Å². The lowest BCUT2D eigenvalue weighted by molar-refractivity contribution is -0.143. The van der Waals surface area contributed by atoms with Gasteiger partial charge in [0.2, 0.25) is 5.91 Å². The molecule has 0 spiro atoms. The van der Waals surface area contributed by atoms with Gasteiger partial charge in [0.1, 0.15) is 6.23 Å². The number of thiazole rings is 1. The molecule has 1 saturated heterocycles. The molecule has 0 radical (unpaired) electrons. The standard InChI is InChI=1S/C28H38N4O3S/c1-6-24-18(4)14-32(27(24)34)25(17(2)3)28(35)31-15-23(33)11-22(31)13-29-12-20-7-9-21(10-8-20)26-19(5)30-16-36-26/h6-10,16-17,22-23,25,27,29,33-34H,1,11-15H2,2-5H3/t22-,23+,25-,27?/m0/s1. The highest BCUT2D eigenvalue weighted by Crippen LogP contribution is 2.31. The number of amides is 1. The first kappa shape index (κ1) is 26.7. The van der Waals surface area contributed by atoms with Crippen LogP contribution in [-0.2, 0) is 11.3 Å². The van der Waals surface area contributed by atoms with Crippen LogP contribution in [0.5, 0.6) is 0 Å². The Balaban J connectivity index is 1.39. The molecule has 2 aromatic rings. The molecule has 36 heavy (non-hydrogen) atoms. The van der Waals surface area contributed by atoms with Crippen LogP contribution in [0.25, 0.3) is 10.4 Å². The lowest BCUT2D eigenvalue weighted by Crippen LogP contribution is -2.55. The van der Waals surface area contributed by atoms with E-state index in [0.29, 0.717) is 32.6 Å². The normalized spacial score (nSPS) is 23.6. The van der Waals surface area contributed by atoms with Gasteiger partial charge >= 0.3 is 0 Å². The topological polar surface area (TPSA) is 88.9 Å². The van der Waals surface area contributed by atoms with Gasteiger partial charge in [-0.1, -0.05) is 56.3 Å². The molecule has 4 rings (SSSR count). The fourth-order valence-corrected chi connectivity index (χ4v) is 6.26. The Morgan fingerprint density at radius 2 is 2.00 bits per heavy atom. The van der Waals surface area contributed by atoms with Crippen molar-refractivity contribution in [1.82, 2.24) is 20.1 Å². The van der Waals surface area contributed by atoms with Gasteiger partial charge in [-0.15, -0.1) is 11.3 Å². The van der Waals surface area contributed by atoms with Gasteiger partial charge in [-0.25, -0.2) is 4.98 Å². The molecule has 2 aliphatic rings. The molecule has 194 valence electrons. The van der Waals surface area contributed by atoms with Gasteiger partial charge in [0.05, 0.1) is 28.2 Å². The molecular weight excluding hydrogens is 472 g/mol. The number of carbonyl (C=O) groups is 1. The van der Waals surface area contributed by atoms with Gasteiger partial charge in [0.15, 0.2) is 0 Å². The van der Waals surface area contributed by atoms with Crippen molar-refractivity contribution in [2.45, 2.75) is 65.1 Å². The average molecular weight is 511 g/mol. The van der Waals surface area contributed by atoms with Crippen LogP contribution < -0.4 is 5.32 Å². The van der Waals surface area contributed by atoms with E-state index in [-0.39, 0.29) is 17.9 Å². The molecule has 0 bridgehead atoms. The van der Waals surface area contributed by atoms with Crippen molar-refractivity contribution >= 4 is 17.2 Å². The van der Waals surface area contributed by atoms with Crippen LogP contribution in [0.4, 0.5) is 0 Å². The number of nitrogens with one attached hydrogen (secondary N) is 1. The second-order valence-electron chi connectivity index (χ2n) is 10.3. The summed E-state index contributed by atoms with van der Waals surface area (Å²) >= 11 is 1.65. The first-order valence-corrected chi connectivity index (χ1v) is 13.5. The summed E-state index contributed by atoms with van der Waals surface area (Å²) in [6.45, 7) is 14.0. The Labute approximate surface area is 218 Å². The Morgan fingerprint density at radius 3 is 2.58 bits per heavy atom. The average Bonchev–Trinajstić information content (AvgIpc) is 3.51. The van der Waals surface area contributed by atoms with Crippen molar-refractivity contribution in [1.29, 1.82) is 0 Å². The summed E-state index contributed by atoms with van der Waals surface area (Å²) < 4.78 is 0. The summed E-state index contributed by atoms with van der Waals surface area (Å²) in [5.74, 6) is -0.0223. The Kier molecular flexibility index (Phi) is 8.42. The number of benzene rings is 1. The maximum Gasteiger partial charge on any atom is 0.240 e. The number of aryl methyl sites for hydroxylation is 1. The summed E-state index contributed by atoms with van der Waals surface area (Å²) in [5.41, 5.74) is 7.06. The Hall–Kier alpha value is -2.36. The minimum absolute atomic E-state index is 0.0103. The third-order valence-corrected chi connectivity index (χ3v) is 8.29. The minimum Gasteiger partial charge on any atom is -0.391 e. The van der Waals surface area contributed by atoms with E-state index in [9.17, 15) is 15.0 Å². The van der Waals surface area contributed by atoms with E-state index in [1.165, 1.54) is 10.4 Å². The fourth-order valence-electron chi connectivity index (χ4n) is 5.45. The molecular formula is C28H38N4O3S. The van der Waals surface area contributed by atoms with Gasteiger partial charge < -0.3 is 20.4 Å². The van der Waals surface area contributed by atoms with Crippen LogP contribution in [0.15, 0.2) is 53.6 Å². The summed E-state index contributed by atoms with van der Waals surface area (Å²) in [6, 6.07) is 7.90. The number of β-amino-alcohol motifs (C(OH)–C–C–N with tert-alkyl or cyclic N) is 1. The third kappa shape index (κ3) is 5.48. The number of nitrogens with zero attached hydrogens (tertiary/aromatic N) is 3. The van der Waals surface area contributed by atoms with Crippen LogP contribution in [0.3, 0.4) is 0 Å². The first-order chi connectivity index (χ1) is 17.2. The number of likely N-dealkylation sites (tertiary alicyclic amines) is 1. The van der Waals surface area contributed by atoms with Gasteiger partial charge in [-0.3, -0.25) is 9.69 Å². The van der Waals surface area contributed by atoms with Gasteiger partial charge in [-0.05, 0) is 42.9 Å². The predicted molar refractivity (Wildman–Crippen MR) is 144 cm³/mol. The third-order valence-electron chi connectivity index (χ3n) is 7.31. The van der Waals surface area contributed by atoms with Crippen LogP contribution >= 0.6 is 11.3 Å². The molecule has 1 fully saturated rings. The number of aliphatic hydroxyl groups is 2. The number of hydrogen-bond acceptors (Lipinski definition) is 7. The molecule has 0 saturated carbocycles. The summed E-state index contributed by atoms with van der Waals surface area (Å²) in [6.07, 6.45) is 0.853. The van der Waals surface area contributed by atoms with E-state index in [2.05, 4.69) is 41.1 Å². The first-order valence-electron chi connectivity index (χ1n) is 12.7. The van der Waals surface area contributed by atoms with Crippen molar-refractivity contribution in [2.24, 2.45) is 5.92 Å². The van der Waals surface area contributed by atoms with Gasteiger partial charge in [0.25, 0.3) is 0 Å². The Morgan fingerprint density at radius 1 is 1.28 bits per heavy atom. The van der Waals surface area contributed by atoms with Crippen LogP contribution in [0, 0.1) is 12.8 Å². The van der Waals surface area contributed by atoms with E-state index in [1.807, 2.05) is 43.0 Å². The zero-order valence-corrected chi connectivity index (χ0v) is 22.5. The van der Waals surface area contributed by atoms with E-state index in [0.717, 1.165) is 22.4 Å². The quantitative estimate of drug-likeness (QED) is 0.480. The van der Waals surface area contributed by atoms with Crippen LogP contribution in [0.2, 0.25) is 0 Å². The monoisotopic (exact) mass is 510 g/mol. The molecule has 7 nitrogen and oxygen atoms in total. The molecule has 1 amide bonds. The molecule has 3 heterocycles. The van der Waals surface area contributed by atoms with E-state index in [4.69, 9.17) is 0 Å². The van der Waals surface area contributed by atoms with Crippen LogP contribution in [0.1, 0.15) is 38.4 Å². The summed E-state index contributed by atoms with van der Waals surface area (Å²) in [4.78, 5) is 23.0. The zero-order chi connectivity index (χ0) is 26.0. The van der Waals surface area contributed by atoms with Crippen molar-refractivity contribution in [2.75, 3.05) is 19.6 Å². The van der Waals surface area contributed by atoms with Crippen LogP contribution in [-0.4, -0.2) is 75.0 Å². The zero-order valence-electron chi connectivity index (χ0n) is 21.6. The van der Waals surface area contributed by atoms with Gasteiger partial charge in [0, 0.05) is 32.2 Å². The van der Waals surface area contributed by atoms with Crippen molar-refractivity contribution in [3.05, 3.63) is 64.8 Å². The maximum absolute atomic E-state index is 13.8. The van der Waals surface area contributed by atoms with Gasteiger partial charge in [-0.2, -0.15) is 0 Å². The maximum atomic E-state index is 13.8. The SMILES string of the molecule is C=CC1=C(C)CN([C@H](C(=O)N2C[C@H](O)C[C@H]2CNCc2ccc(-c3scnc3C)cc2)C(C)C)C1O. The lowest BCUT2D eigenvalue weighted by Gasteiger charge is -2.37. The second-order valence-corrected chi connectivity index (χ2v) is 11.2. The largest absolute Gasteiger partial charge is 0.391 e. The van der Waals surface area contributed by atoms with Crippen molar-refractivity contribution in [3.63, 3.8) is 0 Å². The molecule has 1 aromatic carbocycles. The highest BCUT2D eigenvalue weighted by molar-refractivity contribution is 7.13. The fraction of sp³-hybridized carbons (Fsp3) is 0.500. The summed E-state index contributed by atoms with van der Waals surface area (Å²) in [7, 11) is 0. The number of aromatic nitrogens is 1. The van der Waals surface area contributed by atoms with Crippen molar-refractivity contribution in [3.8, 4) is 10.4 Å². The number of hydrogen-bond donors (Lipinski definition) is 3. The molecule has 8 heteroatoms. The molecule has 3 N–H and O–H groups in total. The highest BCUT2D eigenvalue weighted by atomic mass is 32.1. The minimum atomic E-state index is -0.834. The number of rotatable bonds is 9. The highest BCUT2D eigenvalue weighted by Gasteiger charge is 2.43. The number of carbonyl (C=O) groups excluding carboxylic acids is 1. The van der Waals surface area contributed by atoms with E-state index >= 15 is 0 Å². The predicted octanol–water partition coefficient (Wildman–Crippen LogP) is 3.33. The molecule has 1 unspecified atom stereocenters. The molecule has 0 aliphatic carbocycles. The second kappa shape index (κ2) is 11.4. The smallest absolute Gasteiger partial charge is 0.240 e. The van der Waals surface area contributed by atoms with E-state index < -0.39 is 18.4 Å². The van der Waals surface area contributed by atoms with E-state index in [1.54, 1.807) is 17.4 Å². The Bertz CT molecular complexity index is 1110. The molecule has 2 aliphatic heterocycles. The summed E-state index contributed by atoms with van der Waals surface area (Å²) in [5, 5.41) is 24.8. The molecule has 4 atom stereocenters. The number of aliphatic hydroxyl groups excluding tert-OH is 2. The lowest BCUT2D eigenvalue weighted by atomic mass is 10.00.